The Bertz CT molecular complexity index is 596. The van der Waals surface area contributed by atoms with Gasteiger partial charge in [0.2, 0.25) is 0 Å². The minimum Gasteiger partial charge on any atom is -0.355 e. The summed E-state index contributed by atoms with van der Waals surface area (Å²) in [5.41, 5.74) is 2.59. The highest BCUT2D eigenvalue weighted by Crippen LogP contribution is 2.11. The molecular formula is C22H38IN5. The highest BCUT2D eigenvalue weighted by Gasteiger charge is 2.20. The predicted molar refractivity (Wildman–Crippen MR) is 132 cm³/mol. The van der Waals surface area contributed by atoms with Gasteiger partial charge in [0.1, 0.15) is 0 Å². The molecular weight excluding hydrogens is 461 g/mol. The van der Waals surface area contributed by atoms with Crippen molar-refractivity contribution in [1.82, 2.24) is 20.4 Å². The molecule has 2 rings (SSSR count). The molecule has 5 nitrogen and oxygen atoms in total. The molecule has 0 saturated carbocycles. The SMILES string of the molecule is C=C(C)CN1CCC(NC(=NC)NCC(C)N(C)Cc2ccccc2)CC1.I. The van der Waals surface area contributed by atoms with E-state index < -0.39 is 0 Å². The van der Waals surface area contributed by atoms with Gasteiger partial charge < -0.3 is 10.6 Å². The lowest BCUT2D eigenvalue weighted by Gasteiger charge is -2.33. The van der Waals surface area contributed by atoms with E-state index in [0.717, 1.165) is 51.5 Å². The fourth-order valence-corrected chi connectivity index (χ4v) is 3.43. The van der Waals surface area contributed by atoms with Gasteiger partial charge >= 0.3 is 0 Å². The Morgan fingerprint density at radius 3 is 2.50 bits per heavy atom. The molecule has 1 aliphatic heterocycles. The number of nitrogens with zero attached hydrogens (tertiary/aromatic N) is 3. The molecule has 1 aliphatic rings. The van der Waals surface area contributed by atoms with Gasteiger partial charge in [-0.25, -0.2) is 0 Å². The first-order valence-corrected chi connectivity index (χ1v) is 10.1. The number of likely N-dealkylation sites (N-methyl/N-ethyl adjacent to an activating group) is 1. The summed E-state index contributed by atoms with van der Waals surface area (Å²) >= 11 is 0. The summed E-state index contributed by atoms with van der Waals surface area (Å²) in [6, 6.07) is 11.5. The van der Waals surface area contributed by atoms with Crippen LogP contribution in [0, 0.1) is 0 Å². The first-order chi connectivity index (χ1) is 13.0. The van der Waals surface area contributed by atoms with Crippen molar-refractivity contribution in [3.63, 3.8) is 0 Å². The fourth-order valence-electron chi connectivity index (χ4n) is 3.43. The van der Waals surface area contributed by atoms with Crippen molar-refractivity contribution in [2.45, 2.75) is 45.3 Å². The summed E-state index contributed by atoms with van der Waals surface area (Å²) < 4.78 is 0. The minimum atomic E-state index is 0. The van der Waals surface area contributed by atoms with Crippen LogP contribution in [0.3, 0.4) is 0 Å². The third-order valence-electron chi connectivity index (χ3n) is 5.24. The van der Waals surface area contributed by atoms with Crippen LogP contribution in [0.25, 0.3) is 0 Å². The average molecular weight is 499 g/mol. The van der Waals surface area contributed by atoms with E-state index in [1.54, 1.807) is 0 Å². The Hall–Kier alpha value is -1.12. The molecule has 0 aromatic heterocycles. The molecule has 0 amide bonds. The maximum absolute atomic E-state index is 4.41. The van der Waals surface area contributed by atoms with Crippen LogP contribution in [0.1, 0.15) is 32.3 Å². The van der Waals surface area contributed by atoms with Crippen molar-refractivity contribution < 1.29 is 0 Å². The van der Waals surface area contributed by atoms with Gasteiger partial charge in [-0.15, -0.1) is 24.0 Å². The number of hydrogen-bond donors (Lipinski definition) is 2. The normalized spacial score (nSPS) is 17.1. The minimum absolute atomic E-state index is 0. The molecule has 158 valence electrons. The summed E-state index contributed by atoms with van der Waals surface area (Å²) in [6.07, 6.45) is 2.30. The van der Waals surface area contributed by atoms with Crippen molar-refractivity contribution in [2.75, 3.05) is 40.3 Å². The van der Waals surface area contributed by atoms with Gasteiger partial charge in [0.05, 0.1) is 0 Å². The van der Waals surface area contributed by atoms with Crippen LogP contribution in [0.5, 0.6) is 0 Å². The van der Waals surface area contributed by atoms with Crippen LogP contribution >= 0.6 is 24.0 Å². The van der Waals surface area contributed by atoms with E-state index in [1.807, 2.05) is 7.05 Å². The molecule has 1 fully saturated rings. The number of guanidine groups is 1. The molecule has 1 aromatic rings. The number of benzene rings is 1. The third-order valence-corrected chi connectivity index (χ3v) is 5.24. The van der Waals surface area contributed by atoms with E-state index in [0.29, 0.717) is 12.1 Å². The zero-order valence-corrected chi connectivity index (χ0v) is 20.3. The van der Waals surface area contributed by atoms with E-state index in [-0.39, 0.29) is 24.0 Å². The van der Waals surface area contributed by atoms with Crippen molar-refractivity contribution in [2.24, 2.45) is 4.99 Å². The van der Waals surface area contributed by atoms with Crippen LogP contribution in [-0.4, -0.2) is 68.1 Å². The maximum Gasteiger partial charge on any atom is 0.191 e. The molecule has 1 unspecified atom stereocenters. The molecule has 0 bridgehead atoms. The summed E-state index contributed by atoms with van der Waals surface area (Å²) in [4.78, 5) is 9.26. The Morgan fingerprint density at radius 2 is 1.93 bits per heavy atom. The molecule has 2 N–H and O–H groups in total. The number of rotatable bonds is 8. The summed E-state index contributed by atoms with van der Waals surface area (Å²) in [7, 11) is 4.02. The third kappa shape index (κ3) is 8.92. The number of halogens is 1. The highest BCUT2D eigenvalue weighted by atomic mass is 127. The molecule has 6 heteroatoms. The molecule has 1 atom stereocenters. The van der Waals surface area contributed by atoms with Crippen molar-refractivity contribution >= 4 is 29.9 Å². The van der Waals surface area contributed by atoms with Crippen molar-refractivity contribution in [3.8, 4) is 0 Å². The Kier molecular flexibility index (Phi) is 11.7. The second-order valence-electron chi connectivity index (χ2n) is 7.85. The summed E-state index contributed by atoms with van der Waals surface area (Å²) in [5, 5.41) is 7.09. The first kappa shape index (κ1) is 24.9. The molecule has 28 heavy (non-hydrogen) atoms. The maximum atomic E-state index is 4.41. The number of aliphatic imine (C=N–C) groups is 1. The lowest BCUT2D eigenvalue weighted by molar-refractivity contribution is 0.220. The van der Waals surface area contributed by atoms with Gasteiger partial charge in [-0.1, -0.05) is 42.5 Å². The van der Waals surface area contributed by atoms with Gasteiger partial charge in [0, 0.05) is 51.9 Å². The second kappa shape index (κ2) is 13.2. The summed E-state index contributed by atoms with van der Waals surface area (Å²) in [6.45, 7) is 13.5. The zero-order valence-electron chi connectivity index (χ0n) is 17.9. The van der Waals surface area contributed by atoms with Crippen LogP contribution in [0.4, 0.5) is 0 Å². The number of piperidine rings is 1. The topological polar surface area (TPSA) is 42.9 Å². The quantitative estimate of drug-likeness (QED) is 0.249. The Labute approximate surface area is 188 Å². The van der Waals surface area contributed by atoms with Gasteiger partial charge in [-0.2, -0.15) is 0 Å². The highest BCUT2D eigenvalue weighted by molar-refractivity contribution is 14.0. The van der Waals surface area contributed by atoms with E-state index in [4.69, 9.17) is 0 Å². The van der Waals surface area contributed by atoms with Gasteiger partial charge in [-0.3, -0.25) is 14.8 Å². The van der Waals surface area contributed by atoms with Crippen molar-refractivity contribution in [3.05, 3.63) is 48.0 Å². The lowest BCUT2D eigenvalue weighted by Crippen LogP contribution is -2.50. The number of nitrogens with one attached hydrogen (secondary N) is 2. The van der Waals surface area contributed by atoms with E-state index in [1.165, 1.54) is 11.1 Å². The van der Waals surface area contributed by atoms with Gasteiger partial charge in [-0.05, 0) is 39.3 Å². The van der Waals surface area contributed by atoms with Gasteiger partial charge in [0.15, 0.2) is 5.96 Å². The van der Waals surface area contributed by atoms with E-state index >= 15 is 0 Å². The molecule has 1 saturated heterocycles. The number of hydrogen-bond acceptors (Lipinski definition) is 3. The first-order valence-electron chi connectivity index (χ1n) is 10.1. The largest absolute Gasteiger partial charge is 0.355 e. The second-order valence-corrected chi connectivity index (χ2v) is 7.85. The molecule has 1 aromatic carbocycles. The fraction of sp³-hybridized carbons (Fsp3) is 0.591. The van der Waals surface area contributed by atoms with Crippen LogP contribution in [0.15, 0.2) is 47.5 Å². The Balaban J connectivity index is 0.00000392. The standard InChI is InChI=1S/C22H37N5.HI/c1-18(2)16-27-13-11-21(12-14-27)25-22(23-4)24-15-19(3)26(5)17-20-9-7-6-8-10-20;/h6-10,19,21H,1,11-17H2,2-5H3,(H2,23,24,25);1H. The van der Waals surface area contributed by atoms with Crippen molar-refractivity contribution in [1.29, 1.82) is 0 Å². The zero-order chi connectivity index (χ0) is 19.6. The molecule has 1 heterocycles. The van der Waals surface area contributed by atoms with E-state index in [9.17, 15) is 0 Å². The average Bonchev–Trinajstić information content (AvgIpc) is 2.66. The Morgan fingerprint density at radius 1 is 1.29 bits per heavy atom. The van der Waals surface area contributed by atoms with E-state index in [2.05, 4.69) is 83.2 Å². The molecule has 0 spiro atoms. The number of likely N-dealkylation sites (tertiary alicyclic amines) is 1. The predicted octanol–water partition coefficient (Wildman–Crippen LogP) is 3.33. The van der Waals surface area contributed by atoms with Crippen LogP contribution < -0.4 is 10.6 Å². The molecule has 0 aliphatic carbocycles. The van der Waals surface area contributed by atoms with Gasteiger partial charge in [0.25, 0.3) is 0 Å². The molecule has 0 radical (unpaired) electrons. The summed E-state index contributed by atoms with van der Waals surface area (Å²) in [5.74, 6) is 0.910. The lowest BCUT2D eigenvalue weighted by atomic mass is 10.0. The van der Waals surface area contributed by atoms with Crippen LogP contribution in [0.2, 0.25) is 0 Å². The van der Waals surface area contributed by atoms with Crippen LogP contribution in [-0.2, 0) is 6.54 Å². The monoisotopic (exact) mass is 499 g/mol. The smallest absolute Gasteiger partial charge is 0.191 e.